The van der Waals surface area contributed by atoms with Crippen molar-refractivity contribution < 1.29 is 23.8 Å². The van der Waals surface area contributed by atoms with Crippen molar-refractivity contribution in [2.75, 3.05) is 25.6 Å². The van der Waals surface area contributed by atoms with Crippen LogP contribution in [-0.2, 0) is 19.1 Å². The maximum atomic E-state index is 11.2. The number of esters is 2. The van der Waals surface area contributed by atoms with E-state index in [4.69, 9.17) is 10.5 Å². The molecule has 2 N–H and O–H groups in total. The van der Waals surface area contributed by atoms with Gasteiger partial charge in [-0.25, -0.2) is 9.59 Å². The number of carbonyl (C=O) groups is 2. The molecule has 0 aliphatic heterocycles. The van der Waals surface area contributed by atoms with E-state index in [9.17, 15) is 9.59 Å². The summed E-state index contributed by atoms with van der Waals surface area (Å²) in [5.41, 5.74) is 6.07. The maximum absolute atomic E-state index is 11.2. The molecule has 18 heavy (non-hydrogen) atoms. The van der Waals surface area contributed by atoms with Crippen LogP contribution in [0, 0.1) is 0 Å². The Morgan fingerprint density at radius 1 is 1.17 bits per heavy atom. The molecule has 0 saturated heterocycles. The standard InChI is InChI=1S/C12H15NO5/c1-2-16-11(14)8-18-12(15)7-17-10-5-3-4-9(13)6-10/h3-6H,2,7-8,13H2,1H3. The van der Waals surface area contributed by atoms with Crippen LogP contribution in [0.25, 0.3) is 0 Å². The number of hydrogen-bond donors (Lipinski definition) is 1. The molecule has 0 bridgehead atoms. The van der Waals surface area contributed by atoms with E-state index >= 15 is 0 Å². The molecule has 0 aliphatic carbocycles. The van der Waals surface area contributed by atoms with Crippen LogP contribution >= 0.6 is 0 Å². The molecule has 1 aromatic carbocycles. The highest BCUT2D eigenvalue weighted by molar-refractivity contribution is 5.77. The third-order valence-electron chi connectivity index (χ3n) is 1.87. The number of benzene rings is 1. The summed E-state index contributed by atoms with van der Waals surface area (Å²) in [6.07, 6.45) is 0. The lowest BCUT2D eigenvalue weighted by molar-refractivity contribution is -0.159. The second kappa shape index (κ2) is 7.16. The first-order chi connectivity index (χ1) is 8.61. The van der Waals surface area contributed by atoms with Crippen molar-refractivity contribution in [3.05, 3.63) is 24.3 Å². The van der Waals surface area contributed by atoms with E-state index in [1.165, 1.54) is 0 Å². The maximum Gasteiger partial charge on any atom is 0.344 e. The van der Waals surface area contributed by atoms with E-state index in [-0.39, 0.29) is 13.2 Å². The van der Waals surface area contributed by atoms with Crippen molar-refractivity contribution in [1.29, 1.82) is 0 Å². The molecule has 0 saturated carbocycles. The Labute approximate surface area is 105 Å². The Morgan fingerprint density at radius 3 is 2.56 bits per heavy atom. The van der Waals surface area contributed by atoms with Crippen molar-refractivity contribution in [3.8, 4) is 5.75 Å². The van der Waals surface area contributed by atoms with Crippen molar-refractivity contribution in [3.63, 3.8) is 0 Å². The second-order valence-corrected chi connectivity index (χ2v) is 3.33. The van der Waals surface area contributed by atoms with Gasteiger partial charge in [0.1, 0.15) is 5.75 Å². The van der Waals surface area contributed by atoms with Crippen molar-refractivity contribution in [2.45, 2.75) is 6.92 Å². The highest BCUT2D eigenvalue weighted by Crippen LogP contribution is 2.14. The molecule has 0 aliphatic rings. The summed E-state index contributed by atoms with van der Waals surface area (Å²) in [4.78, 5) is 22.1. The highest BCUT2D eigenvalue weighted by Gasteiger charge is 2.08. The molecule has 1 rings (SSSR count). The lowest BCUT2D eigenvalue weighted by Gasteiger charge is -2.07. The van der Waals surface area contributed by atoms with Crippen LogP contribution in [0.3, 0.4) is 0 Å². The number of carbonyl (C=O) groups excluding carboxylic acids is 2. The zero-order valence-corrected chi connectivity index (χ0v) is 10.0. The minimum Gasteiger partial charge on any atom is -0.482 e. The topological polar surface area (TPSA) is 87.8 Å². The summed E-state index contributed by atoms with van der Waals surface area (Å²) >= 11 is 0. The molecular weight excluding hydrogens is 238 g/mol. The number of ether oxygens (including phenoxy) is 3. The van der Waals surface area contributed by atoms with Gasteiger partial charge in [0.05, 0.1) is 6.61 Å². The smallest absolute Gasteiger partial charge is 0.344 e. The van der Waals surface area contributed by atoms with Gasteiger partial charge in [0.2, 0.25) is 0 Å². The molecule has 0 radical (unpaired) electrons. The molecule has 0 amide bonds. The summed E-state index contributed by atoms with van der Waals surface area (Å²) < 4.78 is 14.4. The number of rotatable bonds is 6. The summed E-state index contributed by atoms with van der Waals surface area (Å²) in [6.45, 7) is 1.22. The fourth-order valence-electron chi connectivity index (χ4n) is 1.13. The largest absolute Gasteiger partial charge is 0.482 e. The van der Waals surface area contributed by atoms with Gasteiger partial charge in [-0.1, -0.05) is 6.07 Å². The van der Waals surface area contributed by atoms with Crippen LogP contribution < -0.4 is 10.5 Å². The Kier molecular flexibility index (Phi) is 5.50. The Morgan fingerprint density at radius 2 is 1.89 bits per heavy atom. The fourth-order valence-corrected chi connectivity index (χ4v) is 1.13. The Balaban J connectivity index is 2.27. The summed E-state index contributed by atoms with van der Waals surface area (Å²) in [5.74, 6) is -0.775. The molecule has 98 valence electrons. The van der Waals surface area contributed by atoms with Crippen LogP contribution in [0.5, 0.6) is 5.75 Å². The normalized spacial score (nSPS) is 9.61. The van der Waals surface area contributed by atoms with Crippen LogP contribution in [0.4, 0.5) is 5.69 Å². The first-order valence-corrected chi connectivity index (χ1v) is 5.41. The van der Waals surface area contributed by atoms with Crippen LogP contribution in [-0.4, -0.2) is 31.8 Å². The van der Waals surface area contributed by atoms with E-state index in [1.54, 1.807) is 31.2 Å². The molecule has 0 unspecified atom stereocenters. The minimum absolute atomic E-state index is 0.246. The van der Waals surface area contributed by atoms with Gasteiger partial charge in [-0.05, 0) is 19.1 Å². The van der Waals surface area contributed by atoms with E-state index in [0.29, 0.717) is 11.4 Å². The average Bonchev–Trinajstić information content (AvgIpc) is 2.34. The second-order valence-electron chi connectivity index (χ2n) is 3.33. The molecule has 0 spiro atoms. The van der Waals surface area contributed by atoms with Crippen molar-refractivity contribution in [2.24, 2.45) is 0 Å². The first kappa shape index (κ1) is 13.8. The van der Waals surface area contributed by atoms with Gasteiger partial charge in [0.25, 0.3) is 0 Å². The fraction of sp³-hybridized carbons (Fsp3) is 0.333. The molecule has 1 aromatic rings. The SMILES string of the molecule is CCOC(=O)COC(=O)COc1cccc(N)c1. The van der Waals surface area contributed by atoms with Crippen molar-refractivity contribution in [1.82, 2.24) is 0 Å². The van der Waals surface area contributed by atoms with E-state index in [1.807, 2.05) is 0 Å². The predicted octanol–water partition coefficient (Wildman–Crippen LogP) is 0.754. The van der Waals surface area contributed by atoms with Gasteiger partial charge >= 0.3 is 11.9 Å². The van der Waals surface area contributed by atoms with Gasteiger partial charge in [0.15, 0.2) is 13.2 Å². The number of nitrogen functional groups attached to an aromatic ring is 1. The molecule has 6 heteroatoms. The van der Waals surface area contributed by atoms with Gasteiger partial charge in [-0.2, -0.15) is 0 Å². The van der Waals surface area contributed by atoms with Crippen LogP contribution in [0.1, 0.15) is 6.92 Å². The van der Waals surface area contributed by atoms with Gasteiger partial charge in [-0.15, -0.1) is 0 Å². The summed E-state index contributed by atoms with van der Waals surface area (Å²) in [7, 11) is 0. The van der Waals surface area contributed by atoms with E-state index in [0.717, 1.165) is 0 Å². The third-order valence-corrected chi connectivity index (χ3v) is 1.87. The first-order valence-electron chi connectivity index (χ1n) is 5.41. The van der Waals surface area contributed by atoms with Gasteiger partial charge < -0.3 is 19.9 Å². The third kappa shape index (κ3) is 5.20. The number of nitrogens with two attached hydrogens (primary N) is 1. The summed E-state index contributed by atoms with van der Waals surface area (Å²) in [5, 5.41) is 0. The van der Waals surface area contributed by atoms with E-state index < -0.39 is 18.5 Å². The van der Waals surface area contributed by atoms with Crippen LogP contribution in [0.15, 0.2) is 24.3 Å². The Hall–Kier alpha value is -2.24. The van der Waals surface area contributed by atoms with Crippen molar-refractivity contribution >= 4 is 17.6 Å². The van der Waals surface area contributed by atoms with E-state index in [2.05, 4.69) is 9.47 Å². The molecule has 0 heterocycles. The monoisotopic (exact) mass is 253 g/mol. The van der Waals surface area contributed by atoms with Gasteiger partial charge in [0, 0.05) is 11.8 Å². The zero-order valence-electron chi connectivity index (χ0n) is 10.0. The molecule has 0 aromatic heterocycles. The molecular formula is C12H15NO5. The molecule has 0 fully saturated rings. The predicted molar refractivity (Wildman–Crippen MR) is 63.9 cm³/mol. The average molecular weight is 253 g/mol. The molecule has 6 nitrogen and oxygen atoms in total. The number of anilines is 1. The highest BCUT2D eigenvalue weighted by atomic mass is 16.6. The van der Waals surface area contributed by atoms with Gasteiger partial charge in [-0.3, -0.25) is 0 Å². The zero-order chi connectivity index (χ0) is 13.4. The summed E-state index contributed by atoms with van der Waals surface area (Å²) in [6, 6.07) is 6.65. The lowest BCUT2D eigenvalue weighted by atomic mass is 10.3. The number of hydrogen-bond acceptors (Lipinski definition) is 6. The Bertz CT molecular complexity index is 419. The molecule has 0 atom stereocenters. The van der Waals surface area contributed by atoms with Crippen LogP contribution in [0.2, 0.25) is 0 Å². The minimum atomic E-state index is -0.648. The lowest BCUT2D eigenvalue weighted by Crippen LogP contribution is -2.20. The quantitative estimate of drug-likeness (QED) is 0.594.